The van der Waals surface area contributed by atoms with Crippen LogP contribution in [0, 0.1) is 12.8 Å². The fourth-order valence-corrected chi connectivity index (χ4v) is 3.86. The molecule has 4 nitrogen and oxygen atoms in total. The lowest BCUT2D eigenvalue weighted by Crippen LogP contribution is -2.34. The number of ketones is 2. The van der Waals surface area contributed by atoms with Gasteiger partial charge in [0, 0.05) is 24.9 Å². The Labute approximate surface area is 173 Å². The summed E-state index contributed by atoms with van der Waals surface area (Å²) in [6.45, 7) is 7.19. The zero-order valence-corrected chi connectivity index (χ0v) is 17.5. The molecule has 1 aliphatic heterocycles. The maximum Gasteiger partial charge on any atom is 0.170 e. The van der Waals surface area contributed by atoms with E-state index >= 15 is 0 Å². The van der Waals surface area contributed by atoms with Crippen molar-refractivity contribution in [3.63, 3.8) is 0 Å². The quantitative estimate of drug-likeness (QED) is 0.572. The molecule has 1 saturated heterocycles. The Morgan fingerprint density at radius 2 is 1.72 bits per heavy atom. The molecular formula is C25H31NO3. The van der Waals surface area contributed by atoms with Crippen LogP contribution in [-0.2, 0) is 11.3 Å². The summed E-state index contributed by atoms with van der Waals surface area (Å²) in [6.07, 6.45) is 3.20. The smallest absolute Gasteiger partial charge is 0.170 e. The van der Waals surface area contributed by atoms with Crippen LogP contribution in [0.5, 0.6) is 5.75 Å². The zero-order chi connectivity index (χ0) is 20.6. The average molecular weight is 394 g/mol. The lowest BCUT2D eigenvalue weighted by molar-refractivity contribution is -0.122. The Kier molecular flexibility index (Phi) is 7.59. The van der Waals surface area contributed by atoms with E-state index < -0.39 is 0 Å². The molecule has 3 rings (SSSR count). The van der Waals surface area contributed by atoms with Crippen molar-refractivity contribution in [1.82, 2.24) is 4.90 Å². The van der Waals surface area contributed by atoms with E-state index in [1.807, 2.05) is 6.92 Å². The molecule has 0 saturated carbocycles. The number of ether oxygens (including phenoxy) is 1. The van der Waals surface area contributed by atoms with Crippen molar-refractivity contribution in [2.45, 2.75) is 46.1 Å². The van der Waals surface area contributed by atoms with Crippen LogP contribution < -0.4 is 4.74 Å². The number of benzene rings is 2. The van der Waals surface area contributed by atoms with E-state index in [1.165, 1.54) is 11.1 Å². The summed E-state index contributed by atoms with van der Waals surface area (Å²) in [5, 5.41) is 0. The van der Waals surface area contributed by atoms with Crippen LogP contribution in [0.3, 0.4) is 0 Å². The second-order valence-electron chi connectivity index (χ2n) is 7.98. The molecule has 0 aliphatic carbocycles. The minimum atomic E-state index is 0.102. The van der Waals surface area contributed by atoms with Gasteiger partial charge in [0.25, 0.3) is 0 Å². The highest BCUT2D eigenvalue weighted by Gasteiger charge is 2.22. The third-order valence-electron chi connectivity index (χ3n) is 5.78. The molecule has 29 heavy (non-hydrogen) atoms. The first-order valence-corrected chi connectivity index (χ1v) is 10.6. The summed E-state index contributed by atoms with van der Waals surface area (Å²) < 4.78 is 5.62. The van der Waals surface area contributed by atoms with Gasteiger partial charge in [0.05, 0.1) is 0 Å². The van der Waals surface area contributed by atoms with Gasteiger partial charge in [-0.1, -0.05) is 31.2 Å². The molecule has 1 aliphatic rings. The Bertz CT molecular complexity index is 820. The molecule has 154 valence electrons. The van der Waals surface area contributed by atoms with Gasteiger partial charge in [0.1, 0.15) is 12.4 Å². The molecule has 2 aromatic rings. The van der Waals surface area contributed by atoms with Crippen LogP contribution in [0.2, 0.25) is 0 Å². The highest BCUT2D eigenvalue weighted by Crippen LogP contribution is 2.23. The number of piperidine rings is 1. The Morgan fingerprint density at radius 1 is 1.03 bits per heavy atom. The monoisotopic (exact) mass is 393 g/mol. The first-order chi connectivity index (χ1) is 14.0. The van der Waals surface area contributed by atoms with Gasteiger partial charge in [-0.05, 0) is 74.2 Å². The van der Waals surface area contributed by atoms with Crippen molar-refractivity contribution in [3.05, 3.63) is 65.2 Å². The summed E-state index contributed by atoms with van der Waals surface area (Å²) >= 11 is 0. The molecular weight excluding hydrogens is 362 g/mol. The van der Waals surface area contributed by atoms with Gasteiger partial charge >= 0.3 is 0 Å². The van der Waals surface area contributed by atoms with Gasteiger partial charge in [-0.15, -0.1) is 0 Å². The van der Waals surface area contributed by atoms with E-state index in [1.54, 1.807) is 24.3 Å². The molecule has 1 heterocycles. The lowest BCUT2D eigenvalue weighted by Gasteiger charge is -2.32. The molecule has 0 atom stereocenters. The van der Waals surface area contributed by atoms with Crippen molar-refractivity contribution in [1.29, 1.82) is 0 Å². The maximum atomic E-state index is 12.3. The molecule has 0 N–H and O–H groups in total. The van der Waals surface area contributed by atoms with Gasteiger partial charge in [0.15, 0.2) is 11.6 Å². The van der Waals surface area contributed by atoms with Crippen LogP contribution in [0.4, 0.5) is 0 Å². The number of rotatable bonds is 9. The molecule has 0 bridgehead atoms. The van der Waals surface area contributed by atoms with Crippen molar-refractivity contribution < 1.29 is 14.3 Å². The molecule has 0 aromatic heterocycles. The SMILES string of the molecule is CCC(=O)c1ccc(OCC(=O)CC2CCN(Cc3ccccc3C)CC2)cc1. The molecule has 0 amide bonds. The Hall–Kier alpha value is -2.46. The number of Topliss-reactive ketones (excluding diaryl/α,β-unsaturated/α-hetero) is 2. The number of nitrogens with zero attached hydrogens (tertiary/aromatic N) is 1. The predicted molar refractivity (Wildman–Crippen MR) is 115 cm³/mol. The van der Waals surface area contributed by atoms with E-state index in [0.29, 0.717) is 30.1 Å². The van der Waals surface area contributed by atoms with Crippen LogP contribution >= 0.6 is 0 Å². The number of carbonyl (C=O) groups is 2. The molecule has 0 spiro atoms. The Balaban J connectivity index is 1.38. The lowest BCUT2D eigenvalue weighted by atomic mass is 9.91. The van der Waals surface area contributed by atoms with E-state index in [9.17, 15) is 9.59 Å². The summed E-state index contributed by atoms with van der Waals surface area (Å²) in [7, 11) is 0. The van der Waals surface area contributed by atoms with Gasteiger partial charge in [-0.3, -0.25) is 14.5 Å². The predicted octanol–water partition coefficient (Wildman–Crippen LogP) is 4.84. The van der Waals surface area contributed by atoms with Crippen LogP contribution in [0.25, 0.3) is 0 Å². The van der Waals surface area contributed by atoms with Crippen LogP contribution in [-0.4, -0.2) is 36.2 Å². The maximum absolute atomic E-state index is 12.3. The van der Waals surface area contributed by atoms with Crippen molar-refractivity contribution in [2.75, 3.05) is 19.7 Å². The van der Waals surface area contributed by atoms with Crippen LogP contribution in [0.1, 0.15) is 54.1 Å². The largest absolute Gasteiger partial charge is 0.486 e. The van der Waals surface area contributed by atoms with Gasteiger partial charge in [-0.2, -0.15) is 0 Å². The average Bonchev–Trinajstić information content (AvgIpc) is 2.75. The second kappa shape index (κ2) is 10.4. The molecule has 1 fully saturated rings. The van der Waals surface area contributed by atoms with Crippen molar-refractivity contribution in [2.24, 2.45) is 5.92 Å². The van der Waals surface area contributed by atoms with Gasteiger partial charge in [0.2, 0.25) is 0 Å². The fraction of sp³-hybridized carbons (Fsp3) is 0.440. The van der Waals surface area contributed by atoms with E-state index in [-0.39, 0.29) is 18.2 Å². The molecule has 2 aromatic carbocycles. The third-order valence-corrected chi connectivity index (χ3v) is 5.78. The molecule has 0 radical (unpaired) electrons. The number of aryl methyl sites for hydroxylation is 1. The van der Waals surface area contributed by atoms with Crippen molar-refractivity contribution >= 4 is 11.6 Å². The van der Waals surface area contributed by atoms with Gasteiger partial charge < -0.3 is 4.74 Å². The van der Waals surface area contributed by atoms with Gasteiger partial charge in [-0.25, -0.2) is 0 Å². The summed E-state index contributed by atoms with van der Waals surface area (Å²) in [6, 6.07) is 15.6. The number of hydrogen-bond donors (Lipinski definition) is 0. The fourth-order valence-electron chi connectivity index (χ4n) is 3.86. The Morgan fingerprint density at radius 3 is 2.38 bits per heavy atom. The first-order valence-electron chi connectivity index (χ1n) is 10.6. The number of likely N-dealkylation sites (tertiary alicyclic amines) is 1. The van der Waals surface area contributed by atoms with E-state index in [4.69, 9.17) is 4.74 Å². The first kappa shape index (κ1) is 21.3. The number of carbonyl (C=O) groups excluding carboxylic acids is 2. The second-order valence-corrected chi connectivity index (χ2v) is 7.98. The zero-order valence-electron chi connectivity index (χ0n) is 17.5. The van der Waals surface area contributed by atoms with Crippen molar-refractivity contribution in [3.8, 4) is 5.75 Å². The summed E-state index contributed by atoms with van der Waals surface area (Å²) in [4.78, 5) is 26.5. The standard InChI is InChI=1S/C25H31NO3/c1-3-25(28)21-8-10-24(11-9-21)29-18-23(27)16-20-12-14-26(15-13-20)17-22-7-5-4-6-19(22)2/h4-11,20H,3,12-18H2,1-2H3. The van der Waals surface area contributed by atoms with E-state index in [2.05, 4.69) is 36.1 Å². The summed E-state index contributed by atoms with van der Waals surface area (Å²) in [5.74, 6) is 1.35. The highest BCUT2D eigenvalue weighted by atomic mass is 16.5. The molecule has 0 unspecified atom stereocenters. The minimum Gasteiger partial charge on any atom is -0.486 e. The highest BCUT2D eigenvalue weighted by molar-refractivity contribution is 5.95. The normalized spacial score (nSPS) is 15.2. The minimum absolute atomic E-state index is 0.102. The number of hydrogen-bond acceptors (Lipinski definition) is 4. The molecule has 4 heteroatoms. The van der Waals surface area contributed by atoms with Crippen LogP contribution in [0.15, 0.2) is 48.5 Å². The summed E-state index contributed by atoms with van der Waals surface area (Å²) in [5.41, 5.74) is 3.42. The topological polar surface area (TPSA) is 46.6 Å². The van der Waals surface area contributed by atoms with E-state index in [0.717, 1.165) is 32.5 Å². The third kappa shape index (κ3) is 6.26.